The van der Waals surface area contributed by atoms with Gasteiger partial charge in [-0.15, -0.1) is 0 Å². The molecule has 0 fully saturated rings. The topological polar surface area (TPSA) is 67.6 Å². The van der Waals surface area contributed by atoms with Crippen molar-refractivity contribution in [2.24, 2.45) is 0 Å². The summed E-state index contributed by atoms with van der Waals surface area (Å²) in [5.74, 6) is 0.593. The largest absolute Gasteiger partial charge is 0.491 e. The number of hydrogen-bond acceptors (Lipinski definition) is 4. The average molecular weight is 305 g/mol. The Morgan fingerprint density at radius 3 is 2.82 bits per heavy atom. The third-order valence-electron chi connectivity index (χ3n) is 3.00. The summed E-state index contributed by atoms with van der Waals surface area (Å²) in [6.07, 6.45) is 5.15. The second-order valence-electron chi connectivity index (χ2n) is 5.43. The smallest absolute Gasteiger partial charge is 0.243 e. The van der Waals surface area contributed by atoms with Crippen molar-refractivity contribution >= 4 is 17.7 Å². The number of carbonyl (C=O) groups is 1. The maximum absolute atomic E-state index is 11.7. The van der Waals surface area contributed by atoms with Gasteiger partial charge >= 0.3 is 0 Å². The summed E-state index contributed by atoms with van der Waals surface area (Å²) in [6, 6.07) is 5.53. The molecule has 0 aliphatic rings. The Morgan fingerprint density at radius 2 is 2.18 bits per heavy atom. The van der Waals surface area contributed by atoms with Gasteiger partial charge in [-0.2, -0.15) is 0 Å². The number of nitrogens with zero attached hydrogens (tertiary/aromatic N) is 1. The van der Waals surface area contributed by atoms with Gasteiger partial charge < -0.3 is 20.7 Å². The van der Waals surface area contributed by atoms with Crippen LogP contribution in [0.4, 0.5) is 5.69 Å². The number of amides is 1. The fourth-order valence-corrected chi connectivity index (χ4v) is 1.85. The summed E-state index contributed by atoms with van der Waals surface area (Å²) in [4.78, 5) is 13.8. The lowest BCUT2D eigenvalue weighted by Crippen LogP contribution is -2.25. The Balaban J connectivity index is 2.45. The van der Waals surface area contributed by atoms with Crippen LogP contribution in [0.25, 0.3) is 6.08 Å². The molecule has 1 rings (SSSR count). The number of ether oxygens (including phenoxy) is 1. The van der Waals surface area contributed by atoms with Gasteiger partial charge in [-0.1, -0.05) is 13.0 Å². The monoisotopic (exact) mass is 305 g/mol. The zero-order valence-corrected chi connectivity index (χ0v) is 13.8. The minimum Gasteiger partial charge on any atom is -0.491 e. The Hall–Kier alpha value is -2.01. The Kier molecular flexibility index (Phi) is 8.07. The van der Waals surface area contributed by atoms with Crippen LogP contribution in [0, 0.1) is 0 Å². The van der Waals surface area contributed by atoms with Gasteiger partial charge in [-0.3, -0.25) is 4.79 Å². The third-order valence-corrected chi connectivity index (χ3v) is 3.00. The van der Waals surface area contributed by atoms with E-state index in [9.17, 15) is 4.79 Å². The maximum atomic E-state index is 11.7. The third kappa shape index (κ3) is 7.13. The predicted octanol–water partition coefficient (Wildman–Crippen LogP) is 2.14. The number of nitrogen functional groups attached to an aromatic ring is 1. The number of nitrogens with two attached hydrogens (primary N) is 1. The quantitative estimate of drug-likeness (QED) is 0.417. The molecule has 22 heavy (non-hydrogen) atoms. The van der Waals surface area contributed by atoms with Crippen molar-refractivity contribution in [2.45, 2.75) is 19.8 Å². The zero-order chi connectivity index (χ0) is 16.4. The molecule has 122 valence electrons. The molecule has 1 aromatic rings. The lowest BCUT2D eigenvalue weighted by molar-refractivity contribution is -0.116. The van der Waals surface area contributed by atoms with Crippen molar-refractivity contribution in [2.75, 3.05) is 39.5 Å². The van der Waals surface area contributed by atoms with E-state index in [1.807, 2.05) is 33.2 Å². The van der Waals surface area contributed by atoms with Gasteiger partial charge in [0.05, 0.1) is 12.3 Å². The van der Waals surface area contributed by atoms with E-state index in [0.29, 0.717) is 24.6 Å². The average Bonchev–Trinajstić information content (AvgIpc) is 2.48. The summed E-state index contributed by atoms with van der Waals surface area (Å²) in [5.41, 5.74) is 7.40. The van der Waals surface area contributed by atoms with E-state index in [1.165, 1.54) is 6.08 Å². The molecule has 0 aliphatic carbocycles. The van der Waals surface area contributed by atoms with Crippen molar-refractivity contribution < 1.29 is 9.53 Å². The number of anilines is 1. The van der Waals surface area contributed by atoms with Crippen molar-refractivity contribution in [3.63, 3.8) is 0 Å². The second kappa shape index (κ2) is 9.84. The zero-order valence-electron chi connectivity index (χ0n) is 13.8. The predicted molar refractivity (Wildman–Crippen MR) is 91.9 cm³/mol. The normalized spacial score (nSPS) is 11.1. The van der Waals surface area contributed by atoms with Gasteiger partial charge in [-0.25, -0.2) is 0 Å². The molecule has 0 aliphatic heterocycles. The Labute approximate surface area is 133 Å². The lowest BCUT2D eigenvalue weighted by atomic mass is 10.1. The van der Waals surface area contributed by atoms with Gasteiger partial charge in [0.25, 0.3) is 0 Å². The van der Waals surface area contributed by atoms with Crippen LogP contribution in [0.5, 0.6) is 5.75 Å². The number of carbonyl (C=O) groups excluding carboxylic acids is 1. The van der Waals surface area contributed by atoms with Crippen molar-refractivity contribution in [1.82, 2.24) is 10.2 Å². The molecule has 1 aromatic carbocycles. The summed E-state index contributed by atoms with van der Waals surface area (Å²) < 4.78 is 5.52. The van der Waals surface area contributed by atoms with E-state index in [-0.39, 0.29) is 5.91 Å². The standard InChI is InChI=1S/C17H27N3O2/c1-4-12-22-16-8-6-14(13-15(16)18)7-9-17(21)19-10-5-11-20(2)3/h6-9,13H,4-5,10-12,18H2,1-3H3,(H,19,21)/b9-7-. The second-order valence-corrected chi connectivity index (χ2v) is 5.43. The van der Waals surface area contributed by atoms with Crippen LogP contribution in [0.15, 0.2) is 24.3 Å². The molecule has 5 heteroatoms. The van der Waals surface area contributed by atoms with Gasteiger partial charge in [-0.05, 0) is 57.3 Å². The molecule has 5 nitrogen and oxygen atoms in total. The summed E-state index contributed by atoms with van der Waals surface area (Å²) in [5, 5.41) is 2.85. The van der Waals surface area contributed by atoms with Crippen LogP contribution in [-0.4, -0.2) is 44.6 Å². The molecule has 0 atom stereocenters. The van der Waals surface area contributed by atoms with E-state index >= 15 is 0 Å². The summed E-state index contributed by atoms with van der Waals surface area (Å²) >= 11 is 0. The van der Waals surface area contributed by atoms with Gasteiger partial charge in [0.2, 0.25) is 5.91 Å². The van der Waals surface area contributed by atoms with Crippen LogP contribution >= 0.6 is 0 Å². The number of rotatable bonds is 9. The highest BCUT2D eigenvalue weighted by Crippen LogP contribution is 2.23. The van der Waals surface area contributed by atoms with Gasteiger partial charge in [0.15, 0.2) is 0 Å². The fraction of sp³-hybridized carbons (Fsp3) is 0.471. The molecule has 0 spiro atoms. The highest BCUT2D eigenvalue weighted by molar-refractivity contribution is 5.91. The van der Waals surface area contributed by atoms with Crippen LogP contribution in [0.1, 0.15) is 25.3 Å². The van der Waals surface area contributed by atoms with Crippen LogP contribution < -0.4 is 15.8 Å². The fourth-order valence-electron chi connectivity index (χ4n) is 1.85. The highest BCUT2D eigenvalue weighted by Gasteiger charge is 2.01. The molecule has 0 bridgehead atoms. The molecular formula is C17H27N3O2. The van der Waals surface area contributed by atoms with Crippen molar-refractivity contribution in [3.05, 3.63) is 29.8 Å². The van der Waals surface area contributed by atoms with E-state index in [2.05, 4.69) is 10.2 Å². The van der Waals surface area contributed by atoms with Crippen molar-refractivity contribution in [1.29, 1.82) is 0 Å². The molecule has 0 saturated heterocycles. The molecule has 1 amide bonds. The first kappa shape index (κ1) is 18.0. The first-order valence-corrected chi connectivity index (χ1v) is 7.66. The minimum absolute atomic E-state index is 0.0939. The Morgan fingerprint density at radius 1 is 1.41 bits per heavy atom. The molecule has 3 N–H and O–H groups in total. The lowest BCUT2D eigenvalue weighted by Gasteiger charge is -2.09. The number of benzene rings is 1. The van der Waals surface area contributed by atoms with Crippen LogP contribution in [-0.2, 0) is 4.79 Å². The van der Waals surface area contributed by atoms with E-state index < -0.39 is 0 Å². The van der Waals surface area contributed by atoms with Gasteiger partial charge in [0, 0.05) is 12.6 Å². The number of hydrogen-bond donors (Lipinski definition) is 2. The molecular weight excluding hydrogens is 278 g/mol. The molecule has 0 radical (unpaired) electrons. The highest BCUT2D eigenvalue weighted by atomic mass is 16.5. The number of nitrogens with one attached hydrogen (secondary N) is 1. The maximum Gasteiger partial charge on any atom is 0.243 e. The summed E-state index contributed by atoms with van der Waals surface area (Å²) in [7, 11) is 4.03. The minimum atomic E-state index is -0.0939. The molecule has 0 saturated carbocycles. The van der Waals surface area contributed by atoms with E-state index in [4.69, 9.17) is 10.5 Å². The van der Waals surface area contributed by atoms with E-state index in [1.54, 1.807) is 12.1 Å². The SMILES string of the molecule is CCCOc1ccc(/C=C\C(=O)NCCCN(C)C)cc1N. The van der Waals surface area contributed by atoms with E-state index in [0.717, 1.165) is 24.9 Å². The van der Waals surface area contributed by atoms with Crippen LogP contribution in [0.3, 0.4) is 0 Å². The van der Waals surface area contributed by atoms with Crippen LogP contribution in [0.2, 0.25) is 0 Å². The van der Waals surface area contributed by atoms with Gasteiger partial charge in [0.1, 0.15) is 5.75 Å². The molecule has 0 unspecified atom stereocenters. The van der Waals surface area contributed by atoms with Crippen molar-refractivity contribution in [3.8, 4) is 5.75 Å². The Bertz CT molecular complexity index is 499. The molecule has 0 heterocycles. The first-order chi connectivity index (χ1) is 10.5. The first-order valence-electron chi connectivity index (χ1n) is 7.66. The molecule has 0 aromatic heterocycles. The summed E-state index contributed by atoms with van der Waals surface area (Å²) in [6.45, 7) is 4.33.